The molecule has 2 N–H and O–H groups in total. The zero-order valence-electron chi connectivity index (χ0n) is 12.8. The lowest BCUT2D eigenvalue weighted by molar-refractivity contribution is -0.121. The molecular weight excluding hydrogens is 262 g/mol. The van der Waals surface area contributed by atoms with Gasteiger partial charge in [-0.25, -0.2) is 0 Å². The summed E-state index contributed by atoms with van der Waals surface area (Å²) in [5.74, 6) is 1.01. The zero-order chi connectivity index (χ0) is 14.9. The minimum absolute atomic E-state index is 0.0633. The van der Waals surface area contributed by atoms with Gasteiger partial charge >= 0.3 is 0 Å². The molecule has 0 atom stereocenters. The Labute approximate surface area is 127 Å². The summed E-state index contributed by atoms with van der Waals surface area (Å²) in [7, 11) is 0. The molecule has 2 rings (SSSR count). The number of carbonyl (C=O) groups is 1. The first kappa shape index (κ1) is 16.0. The van der Waals surface area contributed by atoms with Crippen LogP contribution in [0.1, 0.15) is 62.5 Å². The van der Waals surface area contributed by atoms with Crippen molar-refractivity contribution in [2.45, 2.75) is 64.5 Å². The van der Waals surface area contributed by atoms with Gasteiger partial charge in [0, 0.05) is 13.0 Å². The van der Waals surface area contributed by atoms with Crippen LogP contribution in [0.2, 0.25) is 0 Å². The van der Waals surface area contributed by atoms with Gasteiger partial charge < -0.3 is 10.4 Å². The molecule has 0 aliphatic heterocycles. The number of benzene rings is 1. The Morgan fingerprint density at radius 3 is 2.43 bits per heavy atom. The van der Waals surface area contributed by atoms with Crippen LogP contribution >= 0.6 is 0 Å². The summed E-state index contributed by atoms with van der Waals surface area (Å²) in [6, 6.07) is 7.69. The van der Waals surface area contributed by atoms with Crippen molar-refractivity contribution in [1.29, 1.82) is 0 Å². The average molecular weight is 289 g/mol. The monoisotopic (exact) mass is 289 g/mol. The van der Waals surface area contributed by atoms with E-state index in [1.165, 1.54) is 38.5 Å². The quantitative estimate of drug-likeness (QED) is 0.806. The van der Waals surface area contributed by atoms with Crippen molar-refractivity contribution >= 4 is 5.91 Å². The predicted octanol–water partition coefficient (Wildman–Crippen LogP) is 3.55. The molecule has 0 aromatic heterocycles. The van der Waals surface area contributed by atoms with Gasteiger partial charge in [0.05, 0.1) is 6.61 Å². The smallest absolute Gasteiger partial charge is 0.220 e. The molecule has 0 bridgehead atoms. The maximum Gasteiger partial charge on any atom is 0.220 e. The van der Waals surface area contributed by atoms with Crippen LogP contribution in [-0.4, -0.2) is 11.0 Å². The lowest BCUT2D eigenvalue weighted by Crippen LogP contribution is -2.22. The molecule has 1 amide bonds. The van der Waals surface area contributed by atoms with Gasteiger partial charge in [0.1, 0.15) is 0 Å². The summed E-state index contributed by atoms with van der Waals surface area (Å²) in [6.07, 6.45) is 9.73. The Hall–Kier alpha value is -1.35. The van der Waals surface area contributed by atoms with Crippen LogP contribution in [0.4, 0.5) is 0 Å². The van der Waals surface area contributed by atoms with Crippen molar-refractivity contribution < 1.29 is 9.90 Å². The molecular formula is C18H27NO2. The van der Waals surface area contributed by atoms with Gasteiger partial charge in [-0.2, -0.15) is 0 Å². The van der Waals surface area contributed by atoms with E-state index in [0.717, 1.165) is 23.5 Å². The highest BCUT2D eigenvalue weighted by Crippen LogP contribution is 2.27. The Morgan fingerprint density at radius 2 is 1.76 bits per heavy atom. The minimum atomic E-state index is 0.0633. The molecule has 1 aliphatic rings. The highest BCUT2D eigenvalue weighted by Gasteiger charge is 2.13. The molecule has 3 heteroatoms. The van der Waals surface area contributed by atoms with Gasteiger partial charge in [-0.05, 0) is 29.9 Å². The molecule has 116 valence electrons. The average Bonchev–Trinajstić information content (AvgIpc) is 2.54. The van der Waals surface area contributed by atoms with E-state index in [9.17, 15) is 4.79 Å². The maximum absolute atomic E-state index is 11.8. The van der Waals surface area contributed by atoms with Crippen LogP contribution in [0, 0.1) is 5.92 Å². The fourth-order valence-corrected chi connectivity index (χ4v) is 3.08. The van der Waals surface area contributed by atoms with Gasteiger partial charge in [-0.3, -0.25) is 4.79 Å². The van der Waals surface area contributed by atoms with Gasteiger partial charge in [-0.15, -0.1) is 0 Å². The van der Waals surface area contributed by atoms with Gasteiger partial charge in [0.2, 0.25) is 5.91 Å². The van der Waals surface area contributed by atoms with E-state index >= 15 is 0 Å². The summed E-state index contributed by atoms with van der Waals surface area (Å²) in [6.45, 7) is 0.641. The fourth-order valence-electron chi connectivity index (χ4n) is 3.08. The second kappa shape index (κ2) is 8.83. The van der Waals surface area contributed by atoms with Crippen molar-refractivity contribution in [3.63, 3.8) is 0 Å². The first-order chi connectivity index (χ1) is 10.3. The number of carbonyl (C=O) groups excluding carboxylic acids is 1. The Kier molecular flexibility index (Phi) is 6.74. The molecule has 0 unspecified atom stereocenters. The van der Waals surface area contributed by atoms with E-state index in [0.29, 0.717) is 13.0 Å². The standard InChI is InChI=1S/C18H27NO2/c20-14-17-11-9-16(10-12-17)13-19-18(21)8-4-7-15-5-2-1-3-6-15/h9-12,15,20H,1-8,13-14H2,(H,19,21). The SMILES string of the molecule is O=C(CCCC1CCCCC1)NCc1ccc(CO)cc1. The molecule has 1 aromatic carbocycles. The zero-order valence-corrected chi connectivity index (χ0v) is 12.8. The molecule has 21 heavy (non-hydrogen) atoms. The van der Waals surface area contributed by atoms with Gasteiger partial charge in [0.15, 0.2) is 0 Å². The van der Waals surface area contributed by atoms with E-state index in [2.05, 4.69) is 5.32 Å². The number of nitrogens with one attached hydrogen (secondary N) is 1. The number of aliphatic hydroxyl groups is 1. The highest BCUT2D eigenvalue weighted by atomic mass is 16.3. The first-order valence-corrected chi connectivity index (χ1v) is 8.23. The number of rotatable bonds is 7. The number of aliphatic hydroxyl groups excluding tert-OH is 1. The Bertz CT molecular complexity index is 421. The van der Waals surface area contributed by atoms with Crippen molar-refractivity contribution in [1.82, 2.24) is 5.32 Å². The molecule has 1 aliphatic carbocycles. The van der Waals surface area contributed by atoms with Crippen molar-refractivity contribution in [3.05, 3.63) is 35.4 Å². The van der Waals surface area contributed by atoms with Crippen molar-refractivity contribution in [2.24, 2.45) is 5.92 Å². The summed E-state index contributed by atoms with van der Waals surface area (Å²) >= 11 is 0. The summed E-state index contributed by atoms with van der Waals surface area (Å²) in [5, 5.41) is 12.0. The Morgan fingerprint density at radius 1 is 1.10 bits per heavy atom. The number of hydrogen-bond donors (Lipinski definition) is 2. The topological polar surface area (TPSA) is 49.3 Å². The van der Waals surface area contributed by atoms with E-state index in [1.807, 2.05) is 24.3 Å². The summed E-state index contributed by atoms with van der Waals surface area (Å²) < 4.78 is 0. The first-order valence-electron chi connectivity index (χ1n) is 8.23. The molecule has 0 heterocycles. The van der Waals surface area contributed by atoms with E-state index in [1.54, 1.807) is 0 Å². The summed E-state index contributed by atoms with van der Waals surface area (Å²) in [4.78, 5) is 11.8. The normalized spacial score (nSPS) is 15.9. The van der Waals surface area contributed by atoms with Gasteiger partial charge in [0.25, 0.3) is 0 Å². The van der Waals surface area contributed by atoms with Crippen LogP contribution in [0.3, 0.4) is 0 Å². The van der Waals surface area contributed by atoms with Crippen molar-refractivity contribution in [2.75, 3.05) is 0 Å². The van der Waals surface area contributed by atoms with E-state index < -0.39 is 0 Å². The molecule has 1 aromatic rings. The lowest BCUT2D eigenvalue weighted by Gasteiger charge is -2.21. The van der Waals surface area contributed by atoms with Crippen molar-refractivity contribution in [3.8, 4) is 0 Å². The largest absolute Gasteiger partial charge is 0.392 e. The molecule has 0 spiro atoms. The van der Waals surface area contributed by atoms with E-state index in [4.69, 9.17) is 5.11 Å². The molecule has 0 radical (unpaired) electrons. The third kappa shape index (κ3) is 5.88. The van der Waals surface area contributed by atoms with Crippen LogP contribution < -0.4 is 5.32 Å². The van der Waals surface area contributed by atoms with Crippen LogP contribution in [0.15, 0.2) is 24.3 Å². The number of hydrogen-bond acceptors (Lipinski definition) is 2. The van der Waals surface area contributed by atoms with Crippen LogP contribution in [-0.2, 0) is 17.9 Å². The number of amides is 1. The minimum Gasteiger partial charge on any atom is -0.392 e. The second-order valence-corrected chi connectivity index (χ2v) is 6.15. The Balaban J connectivity index is 1.60. The third-order valence-corrected chi connectivity index (χ3v) is 4.44. The third-order valence-electron chi connectivity index (χ3n) is 4.44. The maximum atomic E-state index is 11.8. The van der Waals surface area contributed by atoms with Gasteiger partial charge in [-0.1, -0.05) is 56.4 Å². The fraction of sp³-hybridized carbons (Fsp3) is 0.611. The second-order valence-electron chi connectivity index (χ2n) is 6.15. The predicted molar refractivity (Wildman–Crippen MR) is 84.6 cm³/mol. The van der Waals surface area contributed by atoms with Crippen LogP contribution in [0.25, 0.3) is 0 Å². The lowest BCUT2D eigenvalue weighted by atomic mass is 9.86. The molecule has 3 nitrogen and oxygen atoms in total. The van der Waals surface area contributed by atoms with E-state index in [-0.39, 0.29) is 12.5 Å². The highest BCUT2D eigenvalue weighted by molar-refractivity contribution is 5.75. The molecule has 1 fully saturated rings. The molecule has 1 saturated carbocycles. The van der Waals surface area contributed by atoms with Crippen LogP contribution in [0.5, 0.6) is 0 Å². The molecule has 0 saturated heterocycles. The summed E-state index contributed by atoms with van der Waals surface area (Å²) in [5.41, 5.74) is 1.98.